The molecular weight excluding hydrogens is 234 g/mol. The van der Waals surface area contributed by atoms with E-state index in [1.165, 1.54) is 0 Å². The van der Waals surface area contributed by atoms with Crippen LogP contribution in [0.25, 0.3) is 22.3 Å². The van der Waals surface area contributed by atoms with Gasteiger partial charge in [0.2, 0.25) is 0 Å². The van der Waals surface area contributed by atoms with Crippen LogP contribution in [0, 0.1) is 6.92 Å². The van der Waals surface area contributed by atoms with Crippen LogP contribution in [0.4, 0.5) is 0 Å². The Morgan fingerprint density at radius 1 is 1.33 bits per heavy atom. The summed E-state index contributed by atoms with van der Waals surface area (Å²) in [4.78, 5) is 11.0. The largest absolute Gasteiger partial charge is 0.475 e. The number of nitrogens with zero attached hydrogens (tertiary/aromatic N) is 1. The van der Waals surface area contributed by atoms with E-state index in [2.05, 4.69) is 5.16 Å². The maximum atomic E-state index is 11.0. The fraction of sp³-hybridized carbons (Fsp3) is 0.0769. The Bertz CT molecular complexity index is 705. The number of hydrogen-bond donors (Lipinski definition) is 1. The number of carboxylic acid groups (broad SMARTS) is 1. The summed E-state index contributed by atoms with van der Waals surface area (Å²) in [6.45, 7) is 1.68. The minimum Gasteiger partial charge on any atom is -0.475 e. The predicted molar refractivity (Wildman–Crippen MR) is 63.4 cm³/mol. The highest BCUT2D eigenvalue weighted by molar-refractivity contribution is 5.94. The van der Waals surface area contributed by atoms with Crippen molar-refractivity contribution in [2.45, 2.75) is 6.92 Å². The third-order valence-corrected chi connectivity index (χ3v) is 2.73. The molecule has 0 atom stereocenters. The summed E-state index contributed by atoms with van der Waals surface area (Å²) in [6, 6.07) is 9.24. The normalized spacial score (nSPS) is 10.9. The molecule has 5 heteroatoms. The maximum absolute atomic E-state index is 11.0. The second-order valence-corrected chi connectivity index (χ2v) is 3.93. The predicted octanol–water partition coefficient (Wildman–Crippen LogP) is 3.09. The first kappa shape index (κ1) is 10.6. The highest BCUT2D eigenvalue weighted by Crippen LogP contribution is 2.32. The first-order valence-corrected chi connectivity index (χ1v) is 5.35. The van der Waals surface area contributed by atoms with Gasteiger partial charge in [0.25, 0.3) is 5.76 Å². The Morgan fingerprint density at radius 2 is 2.11 bits per heavy atom. The molecule has 1 N–H and O–H groups in total. The summed E-state index contributed by atoms with van der Waals surface area (Å²) in [6.07, 6.45) is 0. The Balaban J connectivity index is 2.25. The van der Waals surface area contributed by atoms with Gasteiger partial charge in [-0.15, -0.1) is 0 Å². The van der Waals surface area contributed by atoms with E-state index >= 15 is 0 Å². The molecule has 2 aromatic heterocycles. The molecule has 0 aliphatic heterocycles. The molecule has 0 fully saturated rings. The van der Waals surface area contributed by atoms with Crippen molar-refractivity contribution < 1.29 is 18.8 Å². The third kappa shape index (κ3) is 1.48. The maximum Gasteiger partial charge on any atom is 0.375 e. The van der Waals surface area contributed by atoms with Crippen LogP contribution in [0.15, 0.2) is 39.3 Å². The molecule has 5 nitrogen and oxygen atoms in total. The first-order valence-electron chi connectivity index (χ1n) is 5.35. The molecule has 0 bridgehead atoms. The molecule has 0 aliphatic carbocycles. The van der Waals surface area contributed by atoms with E-state index in [0.717, 1.165) is 5.39 Å². The lowest BCUT2D eigenvalue weighted by Crippen LogP contribution is -1.95. The van der Waals surface area contributed by atoms with Crippen molar-refractivity contribution in [3.63, 3.8) is 0 Å². The van der Waals surface area contributed by atoms with Gasteiger partial charge in [-0.3, -0.25) is 0 Å². The number of aromatic nitrogens is 1. The quantitative estimate of drug-likeness (QED) is 0.748. The SMILES string of the molecule is Cc1noc(C(=O)O)c1-c1cc2ccccc2o1. The van der Waals surface area contributed by atoms with Gasteiger partial charge in [0.1, 0.15) is 11.3 Å². The molecule has 0 saturated heterocycles. The van der Waals surface area contributed by atoms with Crippen molar-refractivity contribution >= 4 is 16.9 Å². The van der Waals surface area contributed by atoms with Gasteiger partial charge in [0, 0.05) is 5.39 Å². The van der Waals surface area contributed by atoms with Crippen molar-refractivity contribution in [3.05, 3.63) is 41.8 Å². The zero-order chi connectivity index (χ0) is 12.7. The summed E-state index contributed by atoms with van der Waals surface area (Å²) in [5, 5.41) is 13.6. The van der Waals surface area contributed by atoms with Gasteiger partial charge in [-0.1, -0.05) is 23.4 Å². The summed E-state index contributed by atoms with van der Waals surface area (Å²) in [5.74, 6) is -0.912. The number of para-hydroxylation sites is 1. The Kier molecular flexibility index (Phi) is 2.19. The molecule has 2 heterocycles. The molecule has 0 radical (unpaired) electrons. The van der Waals surface area contributed by atoms with Gasteiger partial charge in [-0.05, 0) is 19.1 Å². The number of carboxylic acids is 1. The summed E-state index contributed by atoms with van der Waals surface area (Å²) < 4.78 is 10.4. The number of rotatable bonds is 2. The average molecular weight is 243 g/mol. The van der Waals surface area contributed by atoms with Crippen LogP contribution in [0.3, 0.4) is 0 Å². The molecule has 0 spiro atoms. The Labute approximate surface area is 102 Å². The molecule has 0 saturated carbocycles. The third-order valence-electron chi connectivity index (χ3n) is 2.73. The van der Waals surface area contributed by atoms with Gasteiger partial charge < -0.3 is 14.0 Å². The number of hydrogen-bond acceptors (Lipinski definition) is 4. The van der Waals surface area contributed by atoms with Crippen LogP contribution >= 0.6 is 0 Å². The summed E-state index contributed by atoms with van der Waals surface area (Å²) in [7, 11) is 0. The monoisotopic (exact) mass is 243 g/mol. The van der Waals surface area contributed by atoms with Gasteiger partial charge in [0.15, 0.2) is 0 Å². The van der Waals surface area contributed by atoms with Gasteiger partial charge in [0.05, 0.1) is 11.3 Å². The second-order valence-electron chi connectivity index (χ2n) is 3.93. The lowest BCUT2D eigenvalue weighted by atomic mass is 10.1. The van der Waals surface area contributed by atoms with E-state index in [1.54, 1.807) is 13.0 Å². The number of fused-ring (bicyclic) bond motifs is 1. The average Bonchev–Trinajstić information content (AvgIpc) is 2.91. The summed E-state index contributed by atoms with van der Waals surface area (Å²) >= 11 is 0. The molecule has 1 aromatic carbocycles. The molecule has 90 valence electrons. The minimum absolute atomic E-state index is 0.202. The molecular formula is C13H9NO4. The van der Waals surface area contributed by atoms with Crippen molar-refractivity contribution in [2.24, 2.45) is 0 Å². The van der Waals surface area contributed by atoms with E-state index in [1.807, 2.05) is 24.3 Å². The molecule has 0 unspecified atom stereocenters. The van der Waals surface area contributed by atoms with E-state index < -0.39 is 5.97 Å². The topological polar surface area (TPSA) is 76.5 Å². The molecule has 3 aromatic rings. The molecule has 3 rings (SSSR count). The van der Waals surface area contributed by atoms with Crippen LogP contribution in [0.2, 0.25) is 0 Å². The Hall–Kier alpha value is -2.56. The van der Waals surface area contributed by atoms with Crippen LogP contribution in [-0.4, -0.2) is 16.2 Å². The van der Waals surface area contributed by atoms with Crippen molar-refractivity contribution in [2.75, 3.05) is 0 Å². The summed E-state index contributed by atoms with van der Waals surface area (Å²) in [5.41, 5.74) is 1.58. The van der Waals surface area contributed by atoms with E-state index in [4.69, 9.17) is 14.0 Å². The lowest BCUT2D eigenvalue weighted by Gasteiger charge is -1.93. The highest BCUT2D eigenvalue weighted by Gasteiger charge is 2.23. The number of aryl methyl sites for hydroxylation is 1. The van der Waals surface area contributed by atoms with Crippen LogP contribution in [0.5, 0.6) is 0 Å². The molecule has 0 aliphatic rings. The Morgan fingerprint density at radius 3 is 2.83 bits per heavy atom. The number of benzene rings is 1. The number of carbonyl (C=O) groups is 1. The first-order chi connectivity index (χ1) is 8.66. The van der Waals surface area contributed by atoms with Crippen LogP contribution in [-0.2, 0) is 0 Å². The minimum atomic E-state index is -1.16. The van der Waals surface area contributed by atoms with Gasteiger partial charge in [-0.25, -0.2) is 4.79 Å². The zero-order valence-electron chi connectivity index (χ0n) is 9.51. The molecule has 18 heavy (non-hydrogen) atoms. The fourth-order valence-electron chi connectivity index (χ4n) is 1.91. The smallest absolute Gasteiger partial charge is 0.375 e. The highest BCUT2D eigenvalue weighted by atomic mass is 16.5. The number of aromatic carboxylic acids is 1. The standard InChI is InChI=1S/C13H9NO4/c1-7-11(12(13(15)16)18-14-7)10-6-8-4-2-3-5-9(8)17-10/h2-6H,1H3,(H,15,16). The van der Waals surface area contributed by atoms with Gasteiger partial charge >= 0.3 is 5.97 Å². The number of furan rings is 1. The van der Waals surface area contributed by atoms with Crippen LogP contribution in [0.1, 0.15) is 16.2 Å². The lowest BCUT2D eigenvalue weighted by molar-refractivity contribution is 0.0653. The zero-order valence-corrected chi connectivity index (χ0v) is 9.51. The second kappa shape index (κ2) is 3.73. The molecule has 0 amide bonds. The van der Waals surface area contributed by atoms with Gasteiger partial charge in [-0.2, -0.15) is 0 Å². The van der Waals surface area contributed by atoms with Crippen molar-refractivity contribution in [1.82, 2.24) is 5.16 Å². The van der Waals surface area contributed by atoms with Crippen LogP contribution < -0.4 is 0 Å². The van der Waals surface area contributed by atoms with Crippen molar-refractivity contribution in [3.8, 4) is 11.3 Å². The van der Waals surface area contributed by atoms with E-state index in [9.17, 15) is 4.79 Å². The fourth-order valence-corrected chi connectivity index (χ4v) is 1.91. The van der Waals surface area contributed by atoms with E-state index in [-0.39, 0.29) is 5.76 Å². The van der Waals surface area contributed by atoms with Crippen molar-refractivity contribution in [1.29, 1.82) is 0 Å². The van der Waals surface area contributed by atoms with E-state index in [0.29, 0.717) is 22.6 Å².